The van der Waals surface area contributed by atoms with Gasteiger partial charge < -0.3 is 18.8 Å². The molecule has 0 spiro atoms. The Labute approximate surface area is 175 Å². The average molecular weight is 407 g/mol. The van der Waals surface area contributed by atoms with Crippen LogP contribution in [0.3, 0.4) is 0 Å². The fourth-order valence-corrected chi connectivity index (χ4v) is 3.65. The molecule has 1 atom stereocenters. The van der Waals surface area contributed by atoms with E-state index in [4.69, 9.17) is 13.9 Å². The van der Waals surface area contributed by atoms with Crippen LogP contribution in [0.5, 0.6) is 11.5 Å². The maximum Gasteiger partial charge on any atom is 0.260 e. The highest BCUT2D eigenvalue weighted by atomic mass is 16.5. The van der Waals surface area contributed by atoms with Gasteiger partial charge >= 0.3 is 0 Å². The molecule has 1 amide bonds. The van der Waals surface area contributed by atoms with Crippen LogP contribution >= 0.6 is 0 Å². The Morgan fingerprint density at radius 1 is 1.23 bits per heavy atom. The number of amides is 1. The quantitative estimate of drug-likeness (QED) is 0.597. The van der Waals surface area contributed by atoms with Gasteiger partial charge in [-0.25, -0.2) is 4.98 Å². The molecule has 0 aliphatic carbocycles. The standard InChI is InChI=1S/C23H25N3O4/c1-28-19-7-2-5-17(11-19)12-21-14-25-23(30-21)18-6-4-10-26(15-18)22(27)16-29-20-8-3-9-24-13-20/h2-3,5,7-9,11,13-14,18H,4,6,10,12,15-16H2,1H3. The second-order valence-electron chi connectivity index (χ2n) is 7.35. The Morgan fingerprint density at radius 2 is 2.13 bits per heavy atom. The Bertz CT molecular complexity index is 973. The maximum absolute atomic E-state index is 12.6. The van der Waals surface area contributed by atoms with Crippen LogP contribution in [0, 0.1) is 0 Å². The van der Waals surface area contributed by atoms with Crippen molar-refractivity contribution >= 4 is 5.91 Å². The predicted molar refractivity (Wildman–Crippen MR) is 111 cm³/mol. The summed E-state index contributed by atoms with van der Waals surface area (Å²) in [5.41, 5.74) is 1.10. The Kier molecular flexibility index (Phi) is 6.27. The molecule has 1 aromatic carbocycles. The number of carbonyl (C=O) groups is 1. The molecule has 0 radical (unpaired) electrons. The Balaban J connectivity index is 1.34. The summed E-state index contributed by atoms with van der Waals surface area (Å²) in [5, 5.41) is 0. The summed E-state index contributed by atoms with van der Waals surface area (Å²) in [5.74, 6) is 2.98. The first-order chi connectivity index (χ1) is 14.7. The van der Waals surface area contributed by atoms with Crippen molar-refractivity contribution in [3.8, 4) is 11.5 Å². The van der Waals surface area contributed by atoms with Crippen LogP contribution in [0.15, 0.2) is 59.4 Å². The lowest BCUT2D eigenvalue weighted by Crippen LogP contribution is -2.41. The van der Waals surface area contributed by atoms with Crippen molar-refractivity contribution in [3.63, 3.8) is 0 Å². The summed E-state index contributed by atoms with van der Waals surface area (Å²) >= 11 is 0. The summed E-state index contributed by atoms with van der Waals surface area (Å²) in [7, 11) is 1.66. The normalized spacial score (nSPS) is 16.3. The molecule has 156 valence electrons. The van der Waals surface area contributed by atoms with Crippen molar-refractivity contribution in [1.29, 1.82) is 0 Å². The third-order valence-electron chi connectivity index (χ3n) is 5.20. The van der Waals surface area contributed by atoms with Crippen molar-refractivity contribution in [3.05, 3.63) is 72.2 Å². The van der Waals surface area contributed by atoms with E-state index >= 15 is 0 Å². The van der Waals surface area contributed by atoms with Gasteiger partial charge in [0.1, 0.15) is 17.3 Å². The second kappa shape index (κ2) is 9.43. The molecule has 1 fully saturated rings. The number of ether oxygens (including phenoxy) is 2. The number of aromatic nitrogens is 2. The molecule has 4 rings (SSSR count). The van der Waals surface area contributed by atoms with Crippen LogP contribution in [0.4, 0.5) is 0 Å². The van der Waals surface area contributed by atoms with E-state index in [2.05, 4.69) is 9.97 Å². The van der Waals surface area contributed by atoms with E-state index in [-0.39, 0.29) is 18.4 Å². The monoisotopic (exact) mass is 407 g/mol. The fourth-order valence-electron chi connectivity index (χ4n) is 3.65. The number of methoxy groups -OCH3 is 1. The van der Waals surface area contributed by atoms with E-state index in [0.717, 1.165) is 36.5 Å². The number of benzene rings is 1. The minimum Gasteiger partial charge on any atom is -0.497 e. The molecule has 1 aliphatic heterocycles. The molecular formula is C23H25N3O4. The number of oxazole rings is 1. The number of hydrogen-bond donors (Lipinski definition) is 0. The number of rotatable bonds is 7. The topological polar surface area (TPSA) is 77.7 Å². The molecule has 1 unspecified atom stereocenters. The molecular weight excluding hydrogens is 382 g/mol. The number of carbonyl (C=O) groups excluding carboxylic acids is 1. The molecule has 30 heavy (non-hydrogen) atoms. The van der Waals surface area contributed by atoms with Gasteiger partial charge in [0, 0.05) is 25.7 Å². The third kappa shape index (κ3) is 4.97. The van der Waals surface area contributed by atoms with Crippen LogP contribution in [0.25, 0.3) is 0 Å². The maximum atomic E-state index is 12.6. The van der Waals surface area contributed by atoms with Gasteiger partial charge in [0.05, 0.1) is 25.4 Å². The number of hydrogen-bond acceptors (Lipinski definition) is 6. The summed E-state index contributed by atoms with van der Waals surface area (Å²) in [4.78, 5) is 22.9. The summed E-state index contributed by atoms with van der Waals surface area (Å²) in [6.45, 7) is 1.32. The van der Waals surface area contributed by atoms with Crippen molar-refractivity contribution < 1.29 is 18.7 Å². The highest BCUT2D eigenvalue weighted by Gasteiger charge is 2.28. The van der Waals surface area contributed by atoms with Gasteiger partial charge in [-0.1, -0.05) is 12.1 Å². The zero-order valence-electron chi connectivity index (χ0n) is 17.0. The van der Waals surface area contributed by atoms with Gasteiger partial charge in [-0.05, 0) is 42.7 Å². The van der Waals surface area contributed by atoms with Gasteiger partial charge in [-0.3, -0.25) is 9.78 Å². The Hall–Kier alpha value is -3.35. The van der Waals surface area contributed by atoms with E-state index in [0.29, 0.717) is 24.6 Å². The fraction of sp³-hybridized carbons (Fsp3) is 0.348. The van der Waals surface area contributed by atoms with Crippen LogP contribution < -0.4 is 9.47 Å². The SMILES string of the molecule is COc1cccc(Cc2cnc(C3CCCN(C(=O)COc4cccnc4)C3)o2)c1. The lowest BCUT2D eigenvalue weighted by Gasteiger charge is -2.31. The zero-order chi connectivity index (χ0) is 20.8. The van der Waals surface area contributed by atoms with Gasteiger partial charge in [0.2, 0.25) is 0 Å². The third-order valence-corrected chi connectivity index (χ3v) is 5.20. The minimum atomic E-state index is -0.0355. The van der Waals surface area contributed by atoms with Crippen molar-refractivity contribution in [1.82, 2.24) is 14.9 Å². The number of nitrogens with zero attached hydrogens (tertiary/aromatic N) is 3. The summed E-state index contributed by atoms with van der Waals surface area (Å²) in [6.07, 6.45) is 7.56. The highest BCUT2D eigenvalue weighted by molar-refractivity contribution is 5.78. The molecule has 0 bridgehead atoms. The molecule has 1 aliphatic rings. The first-order valence-corrected chi connectivity index (χ1v) is 10.1. The molecule has 3 aromatic rings. The van der Waals surface area contributed by atoms with E-state index in [1.165, 1.54) is 0 Å². The first-order valence-electron chi connectivity index (χ1n) is 10.1. The largest absolute Gasteiger partial charge is 0.497 e. The first kappa shape index (κ1) is 19.9. The van der Waals surface area contributed by atoms with Crippen LogP contribution in [-0.4, -0.2) is 47.6 Å². The lowest BCUT2D eigenvalue weighted by molar-refractivity contribution is -0.134. The van der Waals surface area contributed by atoms with E-state index in [1.54, 1.807) is 37.8 Å². The molecule has 2 aromatic heterocycles. The smallest absolute Gasteiger partial charge is 0.260 e. The molecule has 1 saturated heterocycles. The van der Waals surface area contributed by atoms with Gasteiger partial charge in [-0.2, -0.15) is 0 Å². The van der Waals surface area contributed by atoms with Gasteiger partial charge in [0.25, 0.3) is 5.91 Å². The molecule has 3 heterocycles. The van der Waals surface area contributed by atoms with E-state index in [1.807, 2.05) is 29.2 Å². The van der Waals surface area contributed by atoms with Crippen molar-refractivity contribution in [2.45, 2.75) is 25.2 Å². The minimum absolute atomic E-state index is 0.00505. The second-order valence-corrected chi connectivity index (χ2v) is 7.35. The van der Waals surface area contributed by atoms with Crippen molar-refractivity contribution in [2.24, 2.45) is 0 Å². The number of piperidine rings is 1. The zero-order valence-corrected chi connectivity index (χ0v) is 17.0. The van der Waals surface area contributed by atoms with E-state index in [9.17, 15) is 4.79 Å². The lowest BCUT2D eigenvalue weighted by atomic mass is 9.98. The van der Waals surface area contributed by atoms with Gasteiger partial charge in [-0.15, -0.1) is 0 Å². The highest BCUT2D eigenvalue weighted by Crippen LogP contribution is 2.27. The van der Waals surface area contributed by atoms with E-state index < -0.39 is 0 Å². The Morgan fingerprint density at radius 3 is 2.97 bits per heavy atom. The molecule has 7 nitrogen and oxygen atoms in total. The number of pyridine rings is 1. The average Bonchev–Trinajstić information content (AvgIpc) is 3.27. The van der Waals surface area contributed by atoms with Crippen LogP contribution in [0.2, 0.25) is 0 Å². The van der Waals surface area contributed by atoms with Crippen LogP contribution in [0.1, 0.15) is 36.0 Å². The predicted octanol–water partition coefficient (Wildman–Crippen LogP) is 3.45. The summed E-state index contributed by atoms with van der Waals surface area (Å²) in [6, 6.07) is 11.5. The van der Waals surface area contributed by atoms with Gasteiger partial charge in [0.15, 0.2) is 12.5 Å². The molecule has 7 heteroatoms. The number of likely N-dealkylation sites (tertiary alicyclic amines) is 1. The molecule has 0 saturated carbocycles. The van der Waals surface area contributed by atoms with Crippen molar-refractivity contribution in [2.75, 3.05) is 26.8 Å². The van der Waals surface area contributed by atoms with Crippen LogP contribution in [-0.2, 0) is 11.2 Å². The summed E-state index contributed by atoms with van der Waals surface area (Å²) < 4.78 is 16.9. The molecule has 0 N–H and O–H groups in total.